The number of carbonyl (C=O) groups excluding carboxylic acids is 1. The van der Waals surface area contributed by atoms with Crippen LogP contribution in [0.2, 0.25) is 0 Å². The number of esters is 1. The van der Waals surface area contributed by atoms with Gasteiger partial charge in [0, 0.05) is 0 Å². The van der Waals surface area contributed by atoms with Gasteiger partial charge in [0.25, 0.3) is 0 Å². The molecule has 90 valence electrons. The number of nitrogen functional groups attached to an aromatic ring is 1. The third-order valence-corrected chi connectivity index (χ3v) is 1.57. The van der Waals surface area contributed by atoms with Gasteiger partial charge in [0.15, 0.2) is 0 Å². The Morgan fingerprint density at radius 3 is 2.94 bits per heavy atom. The van der Waals surface area contributed by atoms with Gasteiger partial charge in [-0.25, -0.2) is 9.67 Å². The Hall–Kier alpha value is -1.67. The van der Waals surface area contributed by atoms with Gasteiger partial charge in [-0.2, -0.15) is 0 Å². The fraction of sp³-hybridized carbons (Fsp3) is 0.625. The quantitative estimate of drug-likeness (QED) is 0.429. The molecule has 0 aliphatic heterocycles. The van der Waals surface area contributed by atoms with Crippen LogP contribution in [0.4, 0.5) is 5.95 Å². The molecule has 0 atom stereocenters. The monoisotopic (exact) mass is 230 g/mol. The summed E-state index contributed by atoms with van der Waals surface area (Å²) in [7, 11) is 0. The molecule has 0 radical (unpaired) electrons. The van der Waals surface area contributed by atoms with Gasteiger partial charge in [0.1, 0.15) is 19.5 Å². The van der Waals surface area contributed by atoms with E-state index >= 15 is 0 Å². The van der Waals surface area contributed by atoms with Crippen LogP contribution in [0.1, 0.15) is 0 Å². The molecule has 0 bridgehead atoms. The van der Waals surface area contributed by atoms with E-state index < -0.39 is 5.97 Å². The highest BCUT2D eigenvalue weighted by Gasteiger charge is 2.05. The smallest absolute Gasteiger partial charge is 0.327 e. The van der Waals surface area contributed by atoms with Gasteiger partial charge in [-0.1, -0.05) is 0 Å². The number of aromatic nitrogens is 3. The first-order chi connectivity index (χ1) is 7.72. The number of rotatable bonds is 7. The maximum Gasteiger partial charge on any atom is 0.327 e. The number of ether oxygens (including phenoxy) is 2. The number of nitrogens with two attached hydrogens (primary N) is 1. The highest BCUT2D eigenvalue weighted by molar-refractivity contribution is 5.68. The molecule has 1 rings (SSSR count). The van der Waals surface area contributed by atoms with E-state index in [0.717, 1.165) is 0 Å². The molecule has 3 N–H and O–H groups in total. The Bertz CT molecular complexity index is 328. The Morgan fingerprint density at radius 2 is 2.31 bits per heavy atom. The lowest BCUT2D eigenvalue weighted by Crippen LogP contribution is -2.17. The number of aliphatic hydroxyl groups is 1. The zero-order valence-electron chi connectivity index (χ0n) is 8.70. The van der Waals surface area contributed by atoms with E-state index in [-0.39, 0.29) is 38.9 Å². The van der Waals surface area contributed by atoms with Crippen molar-refractivity contribution in [2.45, 2.75) is 6.54 Å². The summed E-state index contributed by atoms with van der Waals surface area (Å²) in [6, 6.07) is 0. The molecule has 8 heteroatoms. The first kappa shape index (κ1) is 12.4. The van der Waals surface area contributed by atoms with Crippen molar-refractivity contribution in [2.24, 2.45) is 0 Å². The lowest BCUT2D eigenvalue weighted by atomic mass is 10.6. The molecule has 1 aromatic heterocycles. The second kappa shape index (κ2) is 6.75. The van der Waals surface area contributed by atoms with E-state index in [9.17, 15) is 4.79 Å². The maximum absolute atomic E-state index is 11.2. The predicted molar refractivity (Wildman–Crippen MR) is 53.3 cm³/mol. The molecule has 0 aliphatic carbocycles. The normalized spacial score (nSPS) is 10.3. The molecule has 1 heterocycles. The first-order valence-electron chi connectivity index (χ1n) is 4.71. The van der Waals surface area contributed by atoms with Crippen molar-refractivity contribution in [3.8, 4) is 0 Å². The summed E-state index contributed by atoms with van der Waals surface area (Å²) in [6.45, 7) is 0.544. The minimum absolute atomic E-state index is 0.0375. The lowest BCUT2D eigenvalue weighted by Gasteiger charge is -2.04. The molecule has 0 fully saturated rings. The van der Waals surface area contributed by atoms with Gasteiger partial charge in [-0.15, -0.1) is 5.10 Å². The summed E-state index contributed by atoms with van der Waals surface area (Å²) in [5.41, 5.74) is 5.27. The molecular weight excluding hydrogens is 216 g/mol. The minimum atomic E-state index is -0.447. The van der Waals surface area contributed by atoms with Crippen molar-refractivity contribution in [3.05, 3.63) is 6.33 Å². The van der Waals surface area contributed by atoms with Gasteiger partial charge >= 0.3 is 5.97 Å². The second-order valence-electron chi connectivity index (χ2n) is 2.86. The van der Waals surface area contributed by atoms with E-state index in [4.69, 9.17) is 20.3 Å². The van der Waals surface area contributed by atoms with Crippen molar-refractivity contribution in [3.63, 3.8) is 0 Å². The number of nitrogens with zero attached hydrogens (tertiary/aromatic N) is 3. The summed E-state index contributed by atoms with van der Waals surface area (Å²) >= 11 is 0. The molecule has 16 heavy (non-hydrogen) atoms. The number of hydrogen-bond donors (Lipinski definition) is 2. The molecule has 0 saturated heterocycles. The fourth-order valence-electron chi connectivity index (χ4n) is 0.944. The fourth-order valence-corrected chi connectivity index (χ4v) is 0.944. The molecule has 1 aromatic rings. The standard InChI is InChI=1S/C8H14N4O4/c9-8-10-6-12(11-8)5-7(14)16-4-3-15-2-1-13/h6,13H,1-5H2,(H2,9,11). The topological polar surface area (TPSA) is 112 Å². The molecule has 0 amide bonds. The molecule has 0 saturated carbocycles. The Morgan fingerprint density at radius 1 is 1.50 bits per heavy atom. The highest BCUT2D eigenvalue weighted by atomic mass is 16.6. The second-order valence-corrected chi connectivity index (χ2v) is 2.86. The van der Waals surface area contributed by atoms with Crippen LogP contribution < -0.4 is 5.73 Å². The largest absolute Gasteiger partial charge is 0.462 e. The molecular formula is C8H14N4O4. The van der Waals surface area contributed by atoms with Gasteiger partial charge in [0.05, 0.1) is 19.8 Å². The van der Waals surface area contributed by atoms with Crippen molar-refractivity contribution < 1.29 is 19.4 Å². The van der Waals surface area contributed by atoms with Crippen LogP contribution in [0.25, 0.3) is 0 Å². The maximum atomic E-state index is 11.2. The molecule has 0 spiro atoms. The van der Waals surface area contributed by atoms with E-state index in [0.29, 0.717) is 0 Å². The van der Waals surface area contributed by atoms with Crippen LogP contribution >= 0.6 is 0 Å². The van der Waals surface area contributed by atoms with Crippen LogP contribution in [-0.2, 0) is 20.8 Å². The predicted octanol–water partition coefficient (Wildman–Crippen LogP) is -1.59. The average molecular weight is 230 g/mol. The van der Waals surface area contributed by atoms with Crippen LogP contribution in [0.15, 0.2) is 6.33 Å². The third-order valence-electron chi connectivity index (χ3n) is 1.57. The van der Waals surface area contributed by atoms with Crippen LogP contribution in [0.5, 0.6) is 0 Å². The summed E-state index contributed by atoms with van der Waals surface area (Å²) in [4.78, 5) is 14.9. The average Bonchev–Trinajstić information content (AvgIpc) is 2.63. The number of anilines is 1. The van der Waals surface area contributed by atoms with Gasteiger partial charge in [-0.3, -0.25) is 4.79 Å². The van der Waals surface area contributed by atoms with Gasteiger partial charge in [0.2, 0.25) is 5.95 Å². The summed E-state index contributed by atoms with van der Waals surface area (Å²) in [5.74, 6) is -0.337. The molecule has 0 aliphatic rings. The van der Waals surface area contributed by atoms with E-state index in [2.05, 4.69) is 10.1 Å². The van der Waals surface area contributed by atoms with Crippen molar-refractivity contribution in [1.82, 2.24) is 14.8 Å². The van der Waals surface area contributed by atoms with Crippen molar-refractivity contribution >= 4 is 11.9 Å². The number of carbonyl (C=O) groups is 1. The van der Waals surface area contributed by atoms with Crippen LogP contribution in [-0.4, -0.2) is 52.3 Å². The van der Waals surface area contributed by atoms with Gasteiger partial charge < -0.3 is 20.3 Å². The van der Waals surface area contributed by atoms with E-state index in [1.807, 2.05) is 0 Å². The summed E-state index contributed by atoms with van der Waals surface area (Å²) in [5, 5.41) is 12.1. The lowest BCUT2D eigenvalue weighted by molar-refractivity contribution is -0.146. The Kier molecular flexibility index (Phi) is 5.23. The molecule has 8 nitrogen and oxygen atoms in total. The van der Waals surface area contributed by atoms with E-state index in [1.54, 1.807) is 0 Å². The Labute approximate surface area is 92.0 Å². The van der Waals surface area contributed by atoms with Crippen LogP contribution in [0, 0.1) is 0 Å². The van der Waals surface area contributed by atoms with Crippen molar-refractivity contribution in [2.75, 3.05) is 32.2 Å². The van der Waals surface area contributed by atoms with Crippen LogP contribution in [0.3, 0.4) is 0 Å². The zero-order chi connectivity index (χ0) is 11.8. The molecule has 0 unspecified atom stereocenters. The SMILES string of the molecule is Nc1ncn(CC(=O)OCCOCCO)n1. The molecule has 0 aromatic carbocycles. The zero-order valence-corrected chi connectivity index (χ0v) is 8.70. The Balaban J connectivity index is 2.11. The number of hydrogen-bond acceptors (Lipinski definition) is 7. The van der Waals surface area contributed by atoms with E-state index in [1.165, 1.54) is 11.0 Å². The minimum Gasteiger partial charge on any atom is -0.462 e. The summed E-state index contributed by atoms with van der Waals surface area (Å²) in [6.07, 6.45) is 1.35. The summed E-state index contributed by atoms with van der Waals surface area (Å²) < 4.78 is 11.0. The number of aliphatic hydroxyl groups excluding tert-OH is 1. The highest BCUT2D eigenvalue weighted by Crippen LogP contribution is 1.91. The third kappa shape index (κ3) is 4.71. The van der Waals surface area contributed by atoms with Gasteiger partial charge in [-0.05, 0) is 0 Å². The first-order valence-corrected chi connectivity index (χ1v) is 4.71. The van der Waals surface area contributed by atoms with Crippen molar-refractivity contribution in [1.29, 1.82) is 0 Å².